The molecule has 11 heteroatoms. The Morgan fingerprint density at radius 3 is 2.81 bits per heavy atom. The van der Waals surface area contributed by atoms with Crippen molar-refractivity contribution < 1.29 is 19.0 Å². The lowest BCUT2D eigenvalue weighted by atomic mass is 9.87. The fourth-order valence-electron chi connectivity index (χ4n) is 6.03. The third-order valence-electron chi connectivity index (χ3n) is 8.16. The summed E-state index contributed by atoms with van der Waals surface area (Å²) in [6.45, 7) is 4.23. The first-order valence-electron chi connectivity index (χ1n) is 13.6. The summed E-state index contributed by atoms with van der Waals surface area (Å²) in [6, 6.07) is 9.48. The molecule has 6 aromatic rings. The minimum Gasteiger partial charge on any atom is -0.490 e. The summed E-state index contributed by atoms with van der Waals surface area (Å²) in [7, 11) is 3.80. The lowest BCUT2D eigenvalue weighted by molar-refractivity contribution is -0.136. The first kappa shape index (κ1) is 26.3. The van der Waals surface area contributed by atoms with Gasteiger partial charge in [0.25, 0.3) is 0 Å². The summed E-state index contributed by atoms with van der Waals surface area (Å²) >= 11 is 1.30. The van der Waals surface area contributed by atoms with E-state index in [9.17, 15) is 9.90 Å². The molecular weight excluding hydrogens is 555 g/mol. The van der Waals surface area contributed by atoms with Crippen molar-refractivity contribution in [3.63, 3.8) is 0 Å². The number of carboxylic acid groups (broad SMARTS) is 1. The van der Waals surface area contributed by atoms with Gasteiger partial charge in [0, 0.05) is 41.7 Å². The minimum atomic E-state index is -0.979. The fourth-order valence-corrected chi connectivity index (χ4v) is 6.70. The Bertz CT molecular complexity index is 2070. The first-order valence-corrected chi connectivity index (χ1v) is 14.4. The van der Waals surface area contributed by atoms with Gasteiger partial charge in [0.15, 0.2) is 17.4 Å². The second kappa shape index (κ2) is 9.73. The van der Waals surface area contributed by atoms with Crippen LogP contribution in [0.15, 0.2) is 36.5 Å². The van der Waals surface area contributed by atoms with Crippen LogP contribution in [-0.4, -0.2) is 46.4 Å². The number of rotatable bonds is 5. The number of ether oxygens (including phenoxy) is 1. The van der Waals surface area contributed by atoms with E-state index in [4.69, 9.17) is 14.7 Å². The molecule has 1 N–H and O–H groups in total. The molecule has 0 atom stereocenters. The van der Waals surface area contributed by atoms with Gasteiger partial charge in [-0.05, 0) is 90.8 Å². The predicted molar refractivity (Wildman–Crippen MR) is 159 cm³/mol. The van der Waals surface area contributed by atoms with Gasteiger partial charge >= 0.3 is 5.97 Å². The van der Waals surface area contributed by atoms with E-state index in [-0.39, 0.29) is 6.42 Å². The number of nitrogens with zero attached hydrogens (tertiary/aromatic N) is 6. The predicted octanol–water partition coefficient (Wildman–Crippen LogP) is 6.02. The van der Waals surface area contributed by atoms with Gasteiger partial charge in [0.05, 0.1) is 30.4 Å². The second-order valence-electron chi connectivity index (χ2n) is 10.7. The van der Waals surface area contributed by atoms with Crippen LogP contribution in [0.2, 0.25) is 0 Å². The van der Waals surface area contributed by atoms with Crippen molar-refractivity contribution in [3.8, 4) is 39.0 Å². The van der Waals surface area contributed by atoms with E-state index in [0.717, 1.165) is 50.1 Å². The quantitative estimate of drug-likeness (QED) is 0.265. The van der Waals surface area contributed by atoms with E-state index in [1.165, 1.54) is 17.6 Å². The maximum atomic E-state index is 15.4. The monoisotopic (exact) mass is 582 g/mol. The summed E-state index contributed by atoms with van der Waals surface area (Å²) in [5, 5.41) is 16.7. The van der Waals surface area contributed by atoms with E-state index < -0.39 is 11.8 Å². The Labute approximate surface area is 244 Å². The number of fused-ring (bicyclic) bond motifs is 3. The molecule has 42 heavy (non-hydrogen) atoms. The highest BCUT2D eigenvalue weighted by Crippen LogP contribution is 2.43. The number of aromatic nitrogens is 6. The number of pyridine rings is 1. The number of aliphatic carboxylic acids is 1. The molecule has 0 unspecified atom stereocenters. The Balaban J connectivity index is 1.42. The molecule has 0 bridgehead atoms. The normalized spacial score (nSPS) is 13.1. The third kappa shape index (κ3) is 4.06. The van der Waals surface area contributed by atoms with Crippen LogP contribution in [0.4, 0.5) is 4.39 Å². The SMILES string of the molecule is Cc1nc2c(cc(-c3nsc(-c4ccc5c(cnn5C)c4)n3)n2C)c(-c2cc(F)c3c(c2C)CCCO3)c1CC(=O)O. The summed E-state index contributed by atoms with van der Waals surface area (Å²) in [6.07, 6.45) is 3.08. The smallest absolute Gasteiger partial charge is 0.307 e. The maximum absolute atomic E-state index is 15.4. The van der Waals surface area contributed by atoms with Crippen LogP contribution in [0, 0.1) is 19.7 Å². The van der Waals surface area contributed by atoms with Gasteiger partial charge in [-0.2, -0.15) is 9.47 Å². The Morgan fingerprint density at radius 1 is 1.17 bits per heavy atom. The average Bonchev–Trinajstić information content (AvgIpc) is 3.69. The van der Waals surface area contributed by atoms with Gasteiger partial charge in [-0.3, -0.25) is 9.48 Å². The minimum absolute atomic E-state index is 0.237. The van der Waals surface area contributed by atoms with E-state index in [0.29, 0.717) is 52.6 Å². The number of carbonyl (C=O) groups is 1. The molecular formula is C31H27FN6O3S. The Hall–Kier alpha value is -4.64. The van der Waals surface area contributed by atoms with Crippen molar-refractivity contribution in [2.45, 2.75) is 33.1 Å². The maximum Gasteiger partial charge on any atom is 0.307 e. The molecule has 7 rings (SSSR count). The third-order valence-corrected chi connectivity index (χ3v) is 8.93. The van der Waals surface area contributed by atoms with E-state index in [2.05, 4.69) is 9.47 Å². The number of hydrogen-bond donors (Lipinski definition) is 1. The summed E-state index contributed by atoms with van der Waals surface area (Å²) in [5.41, 5.74) is 7.52. The number of aryl methyl sites for hydroxylation is 3. The molecule has 0 amide bonds. The molecule has 0 radical (unpaired) electrons. The van der Waals surface area contributed by atoms with Gasteiger partial charge in [0.1, 0.15) is 10.7 Å². The molecule has 0 spiro atoms. The van der Waals surface area contributed by atoms with Crippen molar-refractivity contribution in [2.24, 2.45) is 14.1 Å². The van der Waals surface area contributed by atoms with Gasteiger partial charge < -0.3 is 14.4 Å². The van der Waals surface area contributed by atoms with Crippen LogP contribution >= 0.6 is 11.5 Å². The number of carboxylic acids is 1. The zero-order valence-corrected chi connectivity index (χ0v) is 24.3. The molecule has 0 aliphatic carbocycles. The van der Waals surface area contributed by atoms with Crippen LogP contribution in [0.25, 0.3) is 55.2 Å². The fraction of sp³-hybridized carbons (Fsp3) is 0.258. The molecule has 5 heterocycles. The second-order valence-corrected chi connectivity index (χ2v) is 11.5. The molecule has 4 aromatic heterocycles. The van der Waals surface area contributed by atoms with Crippen molar-refractivity contribution in [1.82, 2.24) is 28.7 Å². The highest BCUT2D eigenvalue weighted by atomic mass is 32.1. The van der Waals surface area contributed by atoms with E-state index >= 15 is 4.39 Å². The molecule has 212 valence electrons. The van der Waals surface area contributed by atoms with E-state index in [1.807, 2.05) is 60.7 Å². The molecule has 0 saturated heterocycles. The molecule has 1 aliphatic heterocycles. The van der Waals surface area contributed by atoms with Gasteiger partial charge in [0.2, 0.25) is 0 Å². The van der Waals surface area contributed by atoms with Crippen LogP contribution in [0.5, 0.6) is 5.75 Å². The largest absolute Gasteiger partial charge is 0.490 e. The highest BCUT2D eigenvalue weighted by molar-refractivity contribution is 7.09. The van der Waals surface area contributed by atoms with Gasteiger partial charge in [-0.1, -0.05) is 0 Å². The highest BCUT2D eigenvalue weighted by Gasteiger charge is 2.27. The van der Waals surface area contributed by atoms with Crippen LogP contribution in [0.3, 0.4) is 0 Å². The van der Waals surface area contributed by atoms with Crippen molar-refractivity contribution in [2.75, 3.05) is 6.61 Å². The summed E-state index contributed by atoms with van der Waals surface area (Å²) in [5.74, 6) is -0.595. The first-order chi connectivity index (χ1) is 20.2. The van der Waals surface area contributed by atoms with E-state index in [1.54, 1.807) is 6.92 Å². The zero-order valence-electron chi connectivity index (χ0n) is 23.5. The van der Waals surface area contributed by atoms with Crippen molar-refractivity contribution in [1.29, 1.82) is 0 Å². The zero-order chi connectivity index (χ0) is 29.3. The lowest BCUT2D eigenvalue weighted by Gasteiger charge is -2.23. The number of hydrogen-bond acceptors (Lipinski definition) is 7. The average molecular weight is 583 g/mol. The molecule has 0 fully saturated rings. The number of halogens is 1. The molecule has 2 aromatic carbocycles. The Kier molecular flexibility index (Phi) is 6.09. The van der Waals surface area contributed by atoms with Gasteiger partial charge in [-0.25, -0.2) is 14.4 Å². The summed E-state index contributed by atoms with van der Waals surface area (Å²) < 4.78 is 29.5. The number of benzene rings is 2. The van der Waals surface area contributed by atoms with Crippen molar-refractivity contribution in [3.05, 3.63) is 64.7 Å². The lowest BCUT2D eigenvalue weighted by Crippen LogP contribution is -2.13. The molecule has 9 nitrogen and oxygen atoms in total. The van der Waals surface area contributed by atoms with Crippen molar-refractivity contribution >= 4 is 39.4 Å². The topological polar surface area (TPSA) is 108 Å². The van der Waals surface area contributed by atoms with Gasteiger partial charge in [-0.15, -0.1) is 0 Å². The molecule has 1 aliphatic rings. The van der Waals surface area contributed by atoms with Crippen LogP contribution in [-0.2, 0) is 31.7 Å². The summed E-state index contributed by atoms with van der Waals surface area (Å²) in [4.78, 5) is 21.7. The molecule has 0 saturated carbocycles. The Morgan fingerprint density at radius 2 is 2.00 bits per heavy atom. The van der Waals surface area contributed by atoms with Crippen LogP contribution < -0.4 is 4.74 Å². The standard InChI is InChI=1S/C31H27FN6O3S/c1-15-19-6-5-9-41-28(19)23(32)11-20(15)27-21(13-26(39)40)16(2)34-30-22(27)12-25(37(30)3)29-35-31(42-36-29)17-7-8-24-18(10-17)14-33-38(24)4/h7-8,10-12,14H,5-6,9,13H2,1-4H3,(H,39,40). The van der Waals surface area contributed by atoms with Crippen LogP contribution in [0.1, 0.15) is 28.8 Å².